The van der Waals surface area contributed by atoms with Crippen LogP contribution in [0.5, 0.6) is 0 Å². The van der Waals surface area contributed by atoms with Crippen molar-refractivity contribution in [1.82, 2.24) is 14.8 Å². The number of carbonyl (C=O) groups is 1. The summed E-state index contributed by atoms with van der Waals surface area (Å²) in [5.74, 6) is 1.08. The molecule has 0 unspecified atom stereocenters. The molecule has 2 aromatic carbocycles. The van der Waals surface area contributed by atoms with E-state index in [0.717, 1.165) is 48.5 Å². The molecule has 3 aromatic rings. The van der Waals surface area contributed by atoms with Crippen LogP contribution < -0.4 is 0 Å². The average molecular weight is 440 g/mol. The molecule has 1 aromatic heterocycles. The number of aromatic nitrogens is 1. The maximum atomic E-state index is 13.0. The van der Waals surface area contributed by atoms with Gasteiger partial charge in [-0.05, 0) is 69.1 Å². The maximum absolute atomic E-state index is 13.0. The van der Waals surface area contributed by atoms with Gasteiger partial charge in [0.05, 0.1) is 0 Å². The Morgan fingerprint density at radius 3 is 2.55 bits per heavy atom. The first-order chi connectivity index (χ1) is 14.9. The Hall–Kier alpha value is -2.37. The van der Waals surface area contributed by atoms with E-state index in [0.29, 0.717) is 24.2 Å². The molecule has 0 saturated carbocycles. The number of amides is 1. The molecular weight excluding hydrogens is 410 g/mol. The zero-order valence-corrected chi connectivity index (χ0v) is 19.2. The molecule has 0 N–H and O–H groups in total. The highest BCUT2D eigenvalue weighted by atomic mass is 35.5. The van der Waals surface area contributed by atoms with Crippen molar-refractivity contribution in [2.45, 2.75) is 52.1 Å². The second-order valence-electron chi connectivity index (χ2n) is 8.58. The van der Waals surface area contributed by atoms with Crippen LogP contribution >= 0.6 is 11.6 Å². The highest BCUT2D eigenvalue weighted by molar-refractivity contribution is 6.31. The molecular formula is C25H30ClN3O2. The van der Waals surface area contributed by atoms with Gasteiger partial charge >= 0.3 is 0 Å². The Labute approximate surface area is 189 Å². The standard InChI is InChI=1S/C25H30ClN3O2/c1-4-28(17(2)3)16-18-5-7-20(8-6-18)25(30)29-13-11-19(12-14-29)24-27-22-15-21(26)9-10-23(22)31-24/h5-10,15,17,19H,4,11-14,16H2,1-3H3. The van der Waals surface area contributed by atoms with Crippen LogP contribution in [0.4, 0.5) is 0 Å². The minimum absolute atomic E-state index is 0.102. The van der Waals surface area contributed by atoms with E-state index in [2.05, 4.69) is 42.8 Å². The van der Waals surface area contributed by atoms with Crippen LogP contribution in [0.15, 0.2) is 46.9 Å². The molecule has 2 heterocycles. The monoisotopic (exact) mass is 439 g/mol. The van der Waals surface area contributed by atoms with Gasteiger partial charge in [0, 0.05) is 42.2 Å². The molecule has 1 fully saturated rings. The van der Waals surface area contributed by atoms with E-state index >= 15 is 0 Å². The molecule has 6 heteroatoms. The van der Waals surface area contributed by atoms with Gasteiger partial charge in [0.25, 0.3) is 5.91 Å². The molecule has 0 radical (unpaired) electrons. The van der Waals surface area contributed by atoms with Crippen molar-refractivity contribution < 1.29 is 9.21 Å². The fourth-order valence-electron chi connectivity index (χ4n) is 4.25. The van der Waals surface area contributed by atoms with Crippen molar-refractivity contribution >= 4 is 28.6 Å². The molecule has 0 spiro atoms. The zero-order valence-electron chi connectivity index (χ0n) is 18.5. The lowest BCUT2D eigenvalue weighted by Gasteiger charge is -2.30. The van der Waals surface area contributed by atoms with Gasteiger partial charge in [-0.2, -0.15) is 0 Å². The largest absolute Gasteiger partial charge is 0.440 e. The maximum Gasteiger partial charge on any atom is 0.253 e. The number of likely N-dealkylation sites (tertiary alicyclic amines) is 1. The fraction of sp³-hybridized carbons (Fsp3) is 0.440. The lowest BCUT2D eigenvalue weighted by Crippen LogP contribution is -2.38. The molecule has 31 heavy (non-hydrogen) atoms. The number of benzene rings is 2. The third-order valence-electron chi connectivity index (χ3n) is 6.22. The van der Waals surface area contributed by atoms with Gasteiger partial charge < -0.3 is 9.32 Å². The summed E-state index contributed by atoms with van der Waals surface area (Å²) in [7, 11) is 0. The van der Waals surface area contributed by atoms with Crippen molar-refractivity contribution in [3.8, 4) is 0 Å². The SMILES string of the molecule is CCN(Cc1ccc(C(=O)N2CCC(c3nc4cc(Cl)ccc4o3)CC2)cc1)C(C)C. The summed E-state index contributed by atoms with van der Waals surface area (Å²) < 4.78 is 5.94. The minimum atomic E-state index is 0.102. The second-order valence-corrected chi connectivity index (χ2v) is 9.02. The summed E-state index contributed by atoms with van der Waals surface area (Å²) in [6, 6.07) is 14.1. The van der Waals surface area contributed by atoms with Crippen LogP contribution in [0.1, 0.15) is 61.3 Å². The smallest absolute Gasteiger partial charge is 0.253 e. The molecule has 4 rings (SSSR count). The molecule has 0 bridgehead atoms. The number of hydrogen-bond acceptors (Lipinski definition) is 4. The Morgan fingerprint density at radius 1 is 1.19 bits per heavy atom. The number of fused-ring (bicyclic) bond motifs is 1. The minimum Gasteiger partial charge on any atom is -0.440 e. The normalized spacial score (nSPS) is 15.4. The van der Waals surface area contributed by atoms with Crippen molar-refractivity contribution in [1.29, 1.82) is 0 Å². The van der Waals surface area contributed by atoms with E-state index in [1.165, 1.54) is 5.56 Å². The third-order valence-corrected chi connectivity index (χ3v) is 6.46. The van der Waals surface area contributed by atoms with E-state index < -0.39 is 0 Å². The van der Waals surface area contributed by atoms with Gasteiger partial charge in [0.2, 0.25) is 0 Å². The van der Waals surface area contributed by atoms with E-state index in [4.69, 9.17) is 16.0 Å². The zero-order chi connectivity index (χ0) is 22.0. The Kier molecular flexibility index (Phi) is 6.63. The Balaban J connectivity index is 1.36. The first kappa shape index (κ1) is 21.8. The average Bonchev–Trinajstić information content (AvgIpc) is 3.20. The highest BCUT2D eigenvalue weighted by Crippen LogP contribution is 2.31. The van der Waals surface area contributed by atoms with Crippen LogP contribution in [0.3, 0.4) is 0 Å². The number of nitrogens with zero attached hydrogens (tertiary/aromatic N) is 3. The molecule has 0 aliphatic carbocycles. The van der Waals surface area contributed by atoms with E-state index in [-0.39, 0.29) is 11.8 Å². The molecule has 1 aliphatic rings. The predicted molar refractivity (Wildman–Crippen MR) is 125 cm³/mol. The first-order valence-corrected chi connectivity index (χ1v) is 11.5. The van der Waals surface area contributed by atoms with Gasteiger partial charge in [-0.25, -0.2) is 4.98 Å². The van der Waals surface area contributed by atoms with Crippen LogP contribution in [0.25, 0.3) is 11.1 Å². The second kappa shape index (κ2) is 9.41. The van der Waals surface area contributed by atoms with Gasteiger partial charge in [-0.15, -0.1) is 0 Å². The number of carbonyl (C=O) groups excluding carboxylic acids is 1. The molecule has 164 valence electrons. The Bertz CT molecular complexity index is 1040. The number of piperidine rings is 1. The summed E-state index contributed by atoms with van der Waals surface area (Å²) in [5.41, 5.74) is 3.55. The molecule has 1 saturated heterocycles. The van der Waals surface area contributed by atoms with Crippen LogP contribution in [-0.2, 0) is 6.54 Å². The number of oxazole rings is 1. The number of halogens is 1. The summed E-state index contributed by atoms with van der Waals surface area (Å²) in [5, 5.41) is 0.658. The summed E-state index contributed by atoms with van der Waals surface area (Å²) in [6.45, 7) is 9.94. The predicted octanol–water partition coefficient (Wildman–Crippen LogP) is 5.73. The van der Waals surface area contributed by atoms with Crippen molar-refractivity contribution in [3.63, 3.8) is 0 Å². The Morgan fingerprint density at radius 2 is 1.90 bits per heavy atom. The third kappa shape index (κ3) is 4.94. The number of hydrogen-bond donors (Lipinski definition) is 0. The van der Waals surface area contributed by atoms with Crippen molar-refractivity contribution in [2.75, 3.05) is 19.6 Å². The quantitative estimate of drug-likeness (QED) is 0.492. The van der Waals surface area contributed by atoms with Gasteiger partial charge in [-0.3, -0.25) is 9.69 Å². The molecule has 1 amide bonds. The lowest BCUT2D eigenvalue weighted by atomic mass is 9.96. The van der Waals surface area contributed by atoms with Gasteiger partial charge in [0.1, 0.15) is 5.52 Å². The van der Waals surface area contributed by atoms with E-state index in [1.54, 1.807) is 0 Å². The lowest BCUT2D eigenvalue weighted by molar-refractivity contribution is 0.0706. The summed E-state index contributed by atoms with van der Waals surface area (Å²) in [6.07, 6.45) is 1.70. The first-order valence-electron chi connectivity index (χ1n) is 11.1. The fourth-order valence-corrected chi connectivity index (χ4v) is 4.42. The van der Waals surface area contributed by atoms with E-state index in [9.17, 15) is 4.79 Å². The van der Waals surface area contributed by atoms with E-state index in [1.807, 2.05) is 35.2 Å². The van der Waals surface area contributed by atoms with Crippen molar-refractivity contribution in [2.24, 2.45) is 0 Å². The number of rotatable bonds is 6. The van der Waals surface area contributed by atoms with Crippen LogP contribution in [-0.4, -0.2) is 46.4 Å². The van der Waals surface area contributed by atoms with Gasteiger partial charge in [-0.1, -0.05) is 30.7 Å². The highest BCUT2D eigenvalue weighted by Gasteiger charge is 2.27. The summed E-state index contributed by atoms with van der Waals surface area (Å²) in [4.78, 5) is 21.9. The van der Waals surface area contributed by atoms with Gasteiger partial charge in [0.15, 0.2) is 11.5 Å². The summed E-state index contributed by atoms with van der Waals surface area (Å²) >= 11 is 6.05. The molecule has 5 nitrogen and oxygen atoms in total. The topological polar surface area (TPSA) is 49.6 Å². The van der Waals surface area contributed by atoms with Crippen LogP contribution in [0.2, 0.25) is 5.02 Å². The molecule has 0 atom stereocenters. The van der Waals surface area contributed by atoms with Crippen molar-refractivity contribution in [3.05, 3.63) is 64.5 Å². The van der Waals surface area contributed by atoms with Crippen LogP contribution in [0, 0.1) is 0 Å². The molecule has 1 aliphatic heterocycles.